The quantitative estimate of drug-likeness (QED) is 0.560. The number of nitrogens with two attached hydrogens (primary N) is 1. The molecule has 0 radical (unpaired) electrons. The first-order valence-corrected chi connectivity index (χ1v) is 6.02. The lowest BCUT2D eigenvalue weighted by molar-refractivity contribution is -0.150. The van der Waals surface area contributed by atoms with Crippen LogP contribution in [0, 0.1) is 0 Å². The number of carbonyl (C=O) groups excluding carboxylic acids is 2. The highest BCUT2D eigenvalue weighted by Gasteiger charge is 2.07. The highest BCUT2D eigenvalue weighted by Crippen LogP contribution is 2.14. The van der Waals surface area contributed by atoms with Crippen LogP contribution in [0.25, 0.3) is 0 Å². The highest BCUT2D eigenvalue weighted by molar-refractivity contribution is 5.80. The molecular weight excluding hydrogens is 248 g/mol. The first-order chi connectivity index (χ1) is 9.11. The summed E-state index contributed by atoms with van der Waals surface area (Å²) in [5.74, 6) is -0.444. The second kappa shape index (κ2) is 7.97. The molecule has 0 spiro atoms. The van der Waals surface area contributed by atoms with E-state index in [1.807, 2.05) is 6.92 Å². The Morgan fingerprint density at radius 2 is 2.11 bits per heavy atom. The minimum absolute atomic E-state index is 0.259. The monoisotopic (exact) mass is 266 g/mol. The van der Waals surface area contributed by atoms with Gasteiger partial charge in [-0.1, -0.05) is 13.0 Å². The zero-order valence-electron chi connectivity index (χ0n) is 10.8. The first kappa shape index (κ1) is 14.8. The Labute approximate surface area is 111 Å². The molecule has 0 aromatic heterocycles. The van der Waals surface area contributed by atoms with Crippen molar-refractivity contribution in [1.29, 1.82) is 0 Å². The van der Waals surface area contributed by atoms with E-state index in [1.54, 1.807) is 24.3 Å². The molecule has 0 heterocycles. The van der Waals surface area contributed by atoms with Gasteiger partial charge in [-0.25, -0.2) is 4.79 Å². The third kappa shape index (κ3) is 6.30. The predicted octanol–water partition coefficient (Wildman–Crippen LogP) is 0.717. The Balaban J connectivity index is 2.23. The van der Waals surface area contributed by atoms with Gasteiger partial charge in [0.2, 0.25) is 0 Å². The van der Waals surface area contributed by atoms with Crippen LogP contribution in [0.2, 0.25) is 0 Å². The molecule has 1 aromatic rings. The third-order valence-corrected chi connectivity index (χ3v) is 2.15. The number of rotatable bonds is 7. The van der Waals surface area contributed by atoms with Crippen molar-refractivity contribution >= 4 is 17.6 Å². The molecule has 0 saturated carbocycles. The van der Waals surface area contributed by atoms with Crippen molar-refractivity contribution in [3.63, 3.8) is 0 Å². The normalized spacial score (nSPS) is 9.74. The smallest absolute Gasteiger partial charge is 0.344 e. The van der Waals surface area contributed by atoms with E-state index in [9.17, 15) is 9.59 Å². The summed E-state index contributed by atoms with van der Waals surface area (Å²) in [6.45, 7) is 1.95. The van der Waals surface area contributed by atoms with Gasteiger partial charge in [0.1, 0.15) is 5.75 Å². The topological polar surface area (TPSA) is 90.6 Å². The molecule has 1 amide bonds. The molecule has 0 aliphatic carbocycles. The van der Waals surface area contributed by atoms with Crippen LogP contribution < -0.4 is 15.8 Å². The van der Waals surface area contributed by atoms with Gasteiger partial charge in [0.25, 0.3) is 5.91 Å². The Morgan fingerprint density at radius 1 is 1.32 bits per heavy atom. The van der Waals surface area contributed by atoms with E-state index in [0.29, 0.717) is 18.0 Å². The number of amides is 1. The highest BCUT2D eigenvalue weighted by atomic mass is 16.6. The van der Waals surface area contributed by atoms with E-state index in [-0.39, 0.29) is 19.1 Å². The molecule has 3 N–H and O–H groups in total. The van der Waals surface area contributed by atoms with Crippen LogP contribution >= 0.6 is 0 Å². The number of ether oxygens (including phenoxy) is 2. The fourth-order valence-electron chi connectivity index (χ4n) is 1.25. The molecule has 0 aliphatic rings. The Hall–Kier alpha value is -2.24. The molecule has 19 heavy (non-hydrogen) atoms. The summed E-state index contributed by atoms with van der Waals surface area (Å²) < 4.78 is 9.92. The molecule has 0 fully saturated rings. The number of hydrogen-bond donors (Lipinski definition) is 2. The van der Waals surface area contributed by atoms with Crippen molar-refractivity contribution < 1.29 is 19.1 Å². The molecule has 0 saturated heterocycles. The summed E-state index contributed by atoms with van der Waals surface area (Å²) in [5.41, 5.74) is 6.11. The van der Waals surface area contributed by atoms with Gasteiger partial charge >= 0.3 is 5.97 Å². The maximum Gasteiger partial charge on any atom is 0.344 e. The molecule has 0 atom stereocenters. The molecule has 6 heteroatoms. The van der Waals surface area contributed by atoms with Crippen molar-refractivity contribution in [3.05, 3.63) is 24.3 Å². The molecule has 6 nitrogen and oxygen atoms in total. The van der Waals surface area contributed by atoms with Gasteiger partial charge in [-0.05, 0) is 18.6 Å². The molecule has 104 valence electrons. The summed E-state index contributed by atoms with van der Waals surface area (Å²) in [4.78, 5) is 22.5. The summed E-state index contributed by atoms with van der Waals surface area (Å²) in [6.07, 6.45) is 0.832. The zero-order valence-corrected chi connectivity index (χ0v) is 10.8. The lowest BCUT2D eigenvalue weighted by Crippen LogP contribution is -2.30. The van der Waals surface area contributed by atoms with Gasteiger partial charge in [-0.2, -0.15) is 0 Å². The number of benzene rings is 1. The molecule has 0 aliphatic heterocycles. The van der Waals surface area contributed by atoms with Crippen molar-refractivity contribution in [2.24, 2.45) is 0 Å². The molecule has 1 rings (SSSR count). The standard InChI is InChI=1S/C13H18N2O4/c1-2-6-15-12(16)8-19-13(17)9-18-11-5-3-4-10(14)7-11/h3-5,7H,2,6,8-9,14H2,1H3,(H,15,16). The Morgan fingerprint density at radius 3 is 2.79 bits per heavy atom. The lowest BCUT2D eigenvalue weighted by atomic mass is 10.3. The maximum absolute atomic E-state index is 11.3. The average molecular weight is 266 g/mol. The van der Waals surface area contributed by atoms with E-state index < -0.39 is 5.97 Å². The number of anilines is 1. The predicted molar refractivity (Wildman–Crippen MR) is 70.6 cm³/mol. The summed E-state index contributed by atoms with van der Waals surface area (Å²) in [6, 6.07) is 6.70. The minimum Gasteiger partial charge on any atom is -0.482 e. The van der Waals surface area contributed by atoms with Crippen molar-refractivity contribution in [3.8, 4) is 5.75 Å². The number of nitrogens with one attached hydrogen (secondary N) is 1. The lowest BCUT2D eigenvalue weighted by Gasteiger charge is -2.07. The fourth-order valence-corrected chi connectivity index (χ4v) is 1.25. The van der Waals surface area contributed by atoms with Gasteiger partial charge < -0.3 is 20.5 Å². The Bertz CT molecular complexity index is 434. The molecular formula is C13H18N2O4. The van der Waals surface area contributed by atoms with Crippen molar-refractivity contribution in [2.45, 2.75) is 13.3 Å². The minimum atomic E-state index is -0.603. The van der Waals surface area contributed by atoms with Crippen LogP contribution in [0.5, 0.6) is 5.75 Å². The van der Waals surface area contributed by atoms with E-state index >= 15 is 0 Å². The van der Waals surface area contributed by atoms with E-state index in [0.717, 1.165) is 6.42 Å². The van der Waals surface area contributed by atoms with E-state index in [1.165, 1.54) is 0 Å². The van der Waals surface area contributed by atoms with Gasteiger partial charge in [0.05, 0.1) is 0 Å². The SMILES string of the molecule is CCCNC(=O)COC(=O)COc1cccc(N)c1. The summed E-state index contributed by atoms with van der Waals surface area (Å²) in [5, 5.41) is 2.60. The van der Waals surface area contributed by atoms with Crippen LogP contribution in [0.4, 0.5) is 5.69 Å². The van der Waals surface area contributed by atoms with Crippen LogP contribution in [-0.2, 0) is 14.3 Å². The van der Waals surface area contributed by atoms with Gasteiger partial charge in [0.15, 0.2) is 13.2 Å². The molecule has 0 bridgehead atoms. The number of esters is 1. The number of hydrogen-bond acceptors (Lipinski definition) is 5. The Kier molecular flexibility index (Phi) is 6.21. The van der Waals surface area contributed by atoms with Gasteiger partial charge in [-0.3, -0.25) is 4.79 Å². The second-order valence-corrected chi connectivity index (χ2v) is 3.87. The number of carbonyl (C=O) groups is 2. The zero-order chi connectivity index (χ0) is 14.1. The summed E-state index contributed by atoms with van der Waals surface area (Å²) >= 11 is 0. The number of nitrogen functional groups attached to an aromatic ring is 1. The van der Waals surface area contributed by atoms with Gasteiger partial charge in [-0.15, -0.1) is 0 Å². The largest absolute Gasteiger partial charge is 0.482 e. The molecule has 0 unspecified atom stereocenters. The second-order valence-electron chi connectivity index (χ2n) is 3.87. The average Bonchev–Trinajstić information content (AvgIpc) is 2.40. The van der Waals surface area contributed by atoms with Crippen LogP contribution in [0.15, 0.2) is 24.3 Å². The summed E-state index contributed by atoms with van der Waals surface area (Å²) in [7, 11) is 0. The molecule has 1 aromatic carbocycles. The first-order valence-electron chi connectivity index (χ1n) is 6.02. The third-order valence-electron chi connectivity index (χ3n) is 2.15. The van der Waals surface area contributed by atoms with E-state index in [4.69, 9.17) is 15.2 Å². The fraction of sp³-hybridized carbons (Fsp3) is 0.385. The van der Waals surface area contributed by atoms with Crippen molar-refractivity contribution in [1.82, 2.24) is 5.32 Å². The maximum atomic E-state index is 11.3. The van der Waals surface area contributed by atoms with Gasteiger partial charge in [0, 0.05) is 18.3 Å². The van der Waals surface area contributed by atoms with Crippen molar-refractivity contribution in [2.75, 3.05) is 25.5 Å². The van der Waals surface area contributed by atoms with Crippen LogP contribution in [0.1, 0.15) is 13.3 Å². The van der Waals surface area contributed by atoms with Crippen LogP contribution in [-0.4, -0.2) is 31.6 Å². The van der Waals surface area contributed by atoms with Crippen LogP contribution in [0.3, 0.4) is 0 Å². The van der Waals surface area contributed by atoms with E-state index in [2.05, 4.69) is 5.32 Å².